The maximum Gasteiger partial charge on any atom is 0.418 e. The number of carbonyl (C=O) groups excluding carboxylic acids is 1. The minimum Gasteiger partial charge on any atom is -0.345 e. The molecule has 5 rings (SSSR count). The number of nitrogens with zero attached hydrogens (tertiary/aromatic N) is 3. The molecular weight excluding hydrogens is 569 g/mol. The molecule has 208 valence electrons. The van der Waals surface area contributed by atoms with Crippen molar-refractivity contribution in [1.29, 1.82) is 5.41 Å². The van der Waals surface area contributed by atoms with E-state index in [0.29, 0.717) is 27.9 Å². The molecule has 1 aliphatic rings. The van der Waals surface area contributed by atoms with Crippen molar-refractivity contribution in [1.82, 2.24) is 19.4 Å². The average molecular weight is 592 g/mol. The molecule has 6 nitrogen and oxygen atoms in total. The van der Waals surface area contributed by atoms with Crippen LogP contribution >= 0.6 is 23.2 Å². The Morgan fingerprint density at radius 3 is 2.50 bits per heavy atom. The van der Waals surface area contributed by atoms with Crippen LogP contribution in [-0.4, -0.2) is 20.0 Å². The van der Waals surface area contributed by atoms with Gasteiger partial charge in [0.05, 0.1) is 40.1 Å². The van der Waals surface area contributed by atoms with Crippen LogP contribution in [0.1, 0.15) is 45.9 Å². The third-order valence-corrected chi connectivity index (χ3v) is 7.54. The number of carbonyl (C=O) groups is 1. The summed E-state index contributed by atoms with van der Waals surface area (Å²) in [6.45, 7) is 0.106. The van der Waals surface area contributed by atoms with Crippen LogP contribution in [0.4, 0.5) is 17.6 Å². The lowest BCUT2D eigenvalue weighted by atomic mass is 9.98. The normalized spacial score (nSPS) is 14.3. The van der Waals surface area contributed by atoms with Gasteiger partial charge in [-0.2, -0.15) is 13.2 Å². The summed E-state index contributed by atoms with van der Waals surface area (Å²) in [4.78, 5) is 17.3. The van der Waals surface area contributed by atoms with Crippen LogP contribution in [0.15, 0.2) is 61.1 Å². The lowest BCUT2D eigenvalue weighted by Gasteiger charge is -2.20. The van der Waals surface area contributed by atoms with Gasteiger partial charge in [-0.05, 0) is 66.3 Å². The molecule has 2 N–H and O–H groups in total. The fraction of sp³-hybridized carbons (Fsp3) is 0.250. The zero-order chi connectivity index (χ0) is 28.8. The van der Waals surface area contributed by atoms with E-state index in [1.54, 1.807) is 52.8 Å². The van der Waals surface area contributed by atoms with Crippen LogP contribution in [0.3, 0.4) is 0 Å². The van der Waals surface area contributed by atoms with Gasteiger partial charge in [-0.25, -0.2) is 4.39 Å². The number of aryl methyl sites for hydroxylation is 1. The highest BCUT2D eigenvalue weighted by Crippen LogP contribution is 2.42. The second kappa shape index (κ2) is 10.7. The van der Waals surface area contributed by atoms with Crippen molar-refractivity contribution < 1.29 is 22.4 Å². The van der Waals surface area contributed by atoms with Gasteiger partial charge in [0.1, 0.15) is 5.82 Å². The van der Waals surface area contributed by atoms with E-state index in [9.17, 15) is 22.4 Å². The second-order valence-electron chi connectivity index (χ2n) is 9.79. The SMILES string of the molecule is Cn1ccn(Cc2cc(C(=O)N[C@H](c3ccc(Cl)c(Cl)c3)C3CC3)cc(-c3ncc(F)cc3C(F)(F)F)c2)c1=N. The maximum atomic E-state index is 13.9. The number of alkyl halides is 3. The minimum atomic E-state index is -4.88. The van der Waals surface area contributed by atoms with Crippen LogP contribution < -0.4 is 10.9 Å². The Morgan fingerprint density at radius 2 is 1.88 bits per heavy atom. The van der Waals surface area contributed by atoms with Gasteiger partial charge < -0.3 is 14.5 Å². The zero-order valence-corrected chi connectivity index (χ0v) is 22.6. The Balaban J connectivity index is 1.57. The standard InChI is InChI=1S/C28H23Cl2F4N5O/c1-38-6-7-39(27(38)35)14-15-8-18(25-21(28(32,33)34)12-20(31)13-36-25)10-19(9-15)26(40)37-24(16-2-3-16)17-4-5-22(29)23(30)11-17/h4-13,16,24,35H,2-3,14H2,1H3,(H,37,40)/t24-/m0/s1. The van der Waals surface area contributed by atoms with Crippen LogP contribution in [0.2, 0.25) is 10.0 Å². The van der Waals surface area contributed by atoms with Crippen molar-refractivity contribution in [2.75, 3.05) is 0 Å². The average Bonchev–Trinajstić information content (AvgIpc) is 3.70. The van der Waals surface area contributed by atoms with Gasteiger partial charge in [0, 0.05) is 30.6 Å². The summed E-state index contributed by atoms with van der Waals surface area (Å²) in [5.41, 5.74) is -0.283. The molecule has 12 heteroatoms. The van der Waals surface area contributed by atoms with Gasteiger partial charge in [-0.3, -0.25) is 15.2 Å². The largest absolute Gasteiger partial charge is 0.418 e. The number of amides is 1. The Bertz CT molecular complexity index is 1660. The van der Waals surface area contributed by atoms with E-state index in [1.165, 1.54) is 12.1 Å². The molecule has 2 aromatic carbocycles. The number of hydrogen-bond acceptors (Lipinski definition) is 3. The molecule has 2 heterocycles. The smallest absolute Gasteiger partial charge is 0.345 e. The lowest BCUT2D eigenvalue weighted by molar-refractivity contribution is -0.137. The number of aromatic nitrogens is 3. The van der Waals surface area contributed by atoms with E-state index >= 15 is 0 Å². The first-order valence-electron chi connectivity index (χ1n) is 12.3. The molecule has 1 aliphatic carbocycles. The Morgan fingerprint density at radius 1 is 1.12 bits per heavy atom. The number of rotatable bonds is 7. The van der Waals surface area contributed by atoms with Crippen molar-refractivity contribution in [3.63, 3.8) is 0 Å². The Labute approximate surface area is 236 Å². The number of nitrogens with one attached hydrogen (secondary N) is 2. The van der Waals surface area contributed by atoms with Crippen molar-refractivity contribution in [3.05, 3.63) is 105 Å². The van der Waals surface area contributed by atoms with Gasteiger partial charge in [-0.1, -0.05) is 29.3 Å². The molecule has 0 saturated heterocycles. The fourth-order valence-corrected chi connectivity index (χ4v) is 4.92. The summed E-state index contributed by atoms with van der Waals surface area (Å²) in [5.74, 6) is -1.46. The first kappa shape index (κ1) is 27.9. The second-order valence-corrected chi connectivity index (χ2v) is 10.6. The van der Waals surface area contributed by atoms with E-state index in [0.717, 1.165) is 18.4 Å². The molecule has 0 radical (unpaired) electrons. The topological polar surface area (TPSA) is 75.7 Å². The molecule has 1 atom stereocenters. The minimum absolute atomic E-state index is 0.00412. The third-order valence-electron chi connectivity index (χ3n) is 6.80. The van der Waals surface area contributed by atoms with Gasteiger partial charge >= 0.3 is 6.18 Å². The maximum absolute atomic E-state index is 13.9. The number of pyridine rings is 1. The van der Waals surface area contributed by atoms with E-state index in [1.807, 2.05) is 0 Å². The lowest BCUT2D eigenvalue weighted by Crippen LogP contribution is -2.30. The molecule has 0 bridgehead atoms. The summed E-state index contributed by atoms with van der Waals surface area (Å²) in [7, 11) is 1.69. The van der Waals surface area contributed by atoms with Gasteiger partial charge in [0.25, 0.3) is 5.91 Å². The van der Waals surface area contributed by atoms with Gasteiger partial charge in [0.2, 0.25) is 5.62 Å². The number of imidazole rings is 1. The zero-order valence-electron chi connectivity index (χ0n) is 21.1. The molecule has 40 heavy (non-hydrogen) atoms. The third kappa shape index (κ3) is 5.93. The molecule has 0 aliphatic heterocycles. The molecule has 1 saturated carbocycles. The molecule has 1 fully saturated rings. The van der Waals surface area contributed by atoms with E-state index < -0.39 is 29.2 Å². The molecule has 2 aromatic heterocycles. The number of halogens is 6. The molecular formula is C28H23Cl2F4N5O. The highest BCUT2D eigenvalue weighted by atomic mass is 35.5. The highest BCUT2D eigenvalue weighted by Gasteiger charge is 2.36. The summed E-state index contributed by atoms with van der Waals surface area (Å²) < 4.78 is 58.5. The van der Waals surface area contributed by atoms with Gasteiger partial charge in [0.15, 0.2) is 0 Å². The fourth-order valence-electron chi connectivity index (χ4n) is 4.62. The van der Waals surface area contributed by atoms with Crippen molar-refractivity contribution in [2.24, 2.45) is 13.0 Å². The number of hydrogen-bond donors (Lipinski definition) is 2. The summed E-state index contributed by atoms with van der Waals surface area (Å²) in [6, 6.07) is 9.45. The molecule has 1 amide bonds. The van der Waals surface area contributed by atoms with Crippen LogP contribution in [-0.2, 0) is 19.8 Å². The summed E-state index contributed by atoms with van der Waals surface area (Å²) in [6.07, 6.45) is 0.929. The van der Waals surface area contributed by atoms with Gasteiger partial charge in [-0.15, -0.1) is 0 Å². The van der Waals surface area contributed by atoms with Crippen LogP contribution in [0.5, 0.6) is 0 Å². The highest BCUT2D eigenvalue weighted by molar-refractivity contribution is 6.42. The van der Waals surface area contributed by atoms with Crippen molar-refractivity contribution in [2.45, 2.75) is 31.6 Å². The molecule has 4 aromatic rings. The predicted molar refractivity (Wildman–Crippen MR) is 142 cm³/mol. The summed E-state index contributed by atoms with van der Waals surface area (Å²) >= 11 is 12.3. The quantitative estimate of drug-likeness (QED) is 0.233. The first-order chi connectivity index (χ1) is 18.9. The monoisotopic (exact) mass is 591 g/mol. The summed E-state index contributed by atoms with van der Waals surface area (Å²) in [5, 5.41) is 11.9. The van der Waals surface area contributed by atoms with Crippen LogP contribution in [0, 0.1) is 17.1 Å². The van der Waals surface area contributed by atoms with Crippen molar-refractivity contribution >= 4 is 29.1 Å². The van der Waals surface area contributed by atoms with E-state index in [4.69, 9.17) is 28.6 Å². The van der Waals surface area contributed by atoms with Crippen molar-refractivity contribution in [3.8, 4) is 11.3 Å². The first-order valence-corrected chi connectivity index (χ1v) is 13.1. The predicted octanol–water partition coefficient (Wildman–Crippen LogP) is 6.76. The Kier molecular flexibility index (Phi) is 7.50. The number of benzene rings is 2. The van der Waals surface area contributed by atoms with E-state index in [-0.39, 0.29) is 35.2 Å². The van der Waals surface area contributed by atoms with E-state index in [2.05, 4.69) is 10.3 Å². The Hall–Kier alpha value is -3.63. The molecule has 0 spiro atoms. The van der Waals surface area contributed by atoms with Crippen LogP contribution in [0.25, 0.3) is 11.3 Å². The molecule has 0 unspecified atom stereocenters.